The Bertz CT molecular complexity index is 419. The summed E-state index contributed by atoms with van der Waals surface area (Å²) in [7, 11) is 0. The van der Waals surface area contributed by atoms with Gasteiger partial charge in [0.15, 0.2) is 0 Å². The van der Waals surface area contributed by atoms with E-state index in [0.717, 1.165) is 19.5 Å². The molecular weight excluding hydrogens is 255 g/mol. The Balaban J connectivity index is 0.00000162. The predicted octanol–water partition coefficient (Wildman–Crippen LogP) is 1.90. The summed E-state index contributed by atoms with van der Waals surface area (Å²) < 4.78 is 12.9. The maximum absolute atomic E-state index is 12.9. The molecule has 1 aromatic rings. The number of rotatable bonds is 3. The van der Waals surface area contributed by atoms with Crippen molar-refractivity contribution in [2.75, 3.05) is 19.6 Å². The third-order valence-corrected chi connectivity index (χ3v) is 3.15. The first-order valence-corrected chi connectivity index (χ1v) is 5.92. The fraction of sp³-hybridized carbons (Fsp3) is 0.462. The summed E-state index contributed by atoms with van der Waals surface area (Å²) in [4.78, 5) is 11.9. The lowest BCUT2D eigenvalue weighted by Gasteiger charge is -2.11. The minimum absolute atomic E-state index is 0. The van der Waals surface area contributed by atoms with Gasteiger partial charge in [-0.3, -0.25) is 4.79 Å². The molecule has 3 nitrogen and oxygen atoms in total. The molecule has 0 aromatic heterocycles. The van der Waals surface area contributed by atoms with Gasteiger partial charge in [0.2, 0.25) is 0 Å². The molecule has 0 saturated carbocycles. The van der Waals surface area contributed by atoms with Gasteiger partial charge >= 0.3 is 0 Å². The van der Waals surface area contributed by atoms with Crippen molar-refractivity contribution >= 4 is 18.3 Å². The number of halogens is 2. The lowest BCUT2D eigenvalue weighted by Crippen LogP contribution is -2.30. The van der Waals surface area contributed by atoms with Crippen LogP contribution in [0.1, 0.15) is 22.3 Å². The second-order valence-corrected chi connectivity index (χ2v) is 4.53. The highest BCUT2D eigenvalue weighted by Gasteiger charge is 2.16. The molecule has 2 N–H and O–H groups in total. The summed E-state index contributed by atoms with van der Waals surface area (Å²) in [5.41, 5.74) is 1.23. The molecule has 2 rings (SSSR count). The Morgan fingerprint density at radius 1 is 1.56 bits per heavy atom. The molecule has 1 heterocycles. The largest absolute Gasteiger partial charge is 0.352 e. The molecule has 1 unspecified atom stereocenters. The summed E-state index contributed by atoms with van der Waals surface area (Å²) in [6.45, 7) is 4.41. The van der Waals surface area contributed by atoms with Gasteiger partial charge in [0.25, 0.3) is 5.91 Å². The van der Waals surface area contributed by atoms with E-state index in [1.165, 1.54) is 18.2 Å². The number of carbonyl (C=O) groups is 1. The summed E-state index contributed by atoms with van der Waals surface area (Å²) in [5.74, 6) is 0.0909. The molecule has 1 atom stereocenters. The molecule has 100 valence electrons. The first kappa shape index (κ1) is 14.9. The van der Waals surface area contributed by atoms with Crippen molar-refractivity contribution in [3.8, 4) is 0 Å². The van der Waals surface area contributed by atoms with Gasteiger partial charge in [-0.1, -0.05) is 0 Å². The van der Waals surface area contributed by atoms with Crippen LogP contribution in [0.25, 0.3) is 0 Å². The third kappa shape index (κ3) is 3.68. The van der Waals surface area contributed by atoms with E-state index in [9.17, 15) is 9.18 Å². The van der Waals surface area contributed by atoms with E-state index >= 15 is 0 Å². The van der Waals surface area contributed by atoms with Crippen molar-refractivity contribution in [1.29, 1.82) is 0 Å². The van der Waals surface area contributed by atoms with Gasteiger partial charge in [0.1, 0.15) is 5.82 Å². The molecular formula is C13H18ClFN2O. The summed E-state index contributed by atoms with van der Waals surface area (Å²) in [6.07, 6.45) is 1.10. The van der Waals surface area contributed by atoms with E-state index < -0.39 is 0 Å². The van der Waals surface area contributed by atoms with Crippen LogP contribution in [0.2, 0.25) is 0 Å². The van der Waals surface area contributed by atoms with Crippen molar-refractivity contribution in [1.82, 2.24) is 10.6 Å². The number of amides is 1. The number of aryl methyl sites for hydroxylation is 1. The highest BCUT2D eigenvalue weighted by Crippen LogP contribution is 2.11. The van der Waals surface area contributed by atoms with E-state index in [-0.39, 0.29) is 24.1 Å². The second-order valence-electron chi connectivity index (χ2n) is 4.53. The number of nitrogens with one attached hydrogen (secondary N) is 2. The van der Waals surface area contributed by atoms with Gasteiger partial charge in [0.05, 0.1) is 0 Å². The summed E-state index contributed by atoms with van der Waals surface area (Å²) in [6, 6.07) is 4.23. The first-order chi connectivity index (χ1) is 8.16. The molecule has 1 saturated heterocycles. The Labute approximate surface area is 113 Å². The van der Waals surface area contributed by atoms with Crippen LogP contribution in [0.4, 0.5) is 4.39 Å². The van der Waals surface area contributed by atoms with Crippen LogP contribution >= 0.6 is 12.4 Å². The monoisotopic (exact) mass is 272 g/mol. The molecule has 0 spiro atoms. The van der Waals surface area contributed by atoms with Crippen molar-refractivity contribution in [3.63, 3.8) is 0 Å². The van der Waals surface area contributed by atoms with Gasteiger partial charge in [-0.15, -0.1) is 12.4 Å². The standard InChI is InChI=1S/C13H17FN2O.ClH/c1-9-6-11(14)2-3-12(9)13(17)16-8-10-4-5-15-7-10;/h2-3,6,10,15H,4-5,7-8H2,1H3,(H,16,17);1H. The van der Waals surface area contributed by atoms with Crippen LogP contribution < -0.4 is 10.6 Å². The van der Waals surface area contributed by atoms with Crippen LogP contribution in [0, 0.1) is 18.7 Å². The minimum atomic E-state index is -0.306. The predicted molar refractivity (Wildman–Crippen MR) is 71.7 cm³/mol. The van der Waals surface area contributed by atoms with Crippen molar-refractivity contribution in [2.45, 2.75) is 13.3 Å². The summed E-state index contributed by atoms with van der Waals surface area (Å²) >= 11 is 0. The Kier molecular flexibility index (Phi) is 5.56. The van der Waals surface area contributed by atoms with Crippen LogP contribution in [0.15, 0.2) is 18.2 Å². The first-order valence-electron chi connectivity index (χ1n) is 5.92. The van der Waals surface area contributed by atoms with Crippen LogP contribution in [0.3, 0.4) is 0 Å². The zero-order valence-corrected chi connectivity index (χ0v) is 11.1. The number of hydrogen-bond donors (Lipinski definition) is 2. The molecule has 0 bridgehead atoms. The third-order valence-electron chi connectivity index (χ3n) is 3.15. The molecule has 18 heavy (non-hydrogen) atoms. The molecule has 1 aliphatic heterocycles. The van der Waals surface area contributed by atoms with Crippen molar-refractivity contribution < 1.29 is 9.18 Å². The topological polar surface area (TPSA) is 41.1 Å². The van der Waals surface area contributed by atoms with Gasteiger partial charge in [-0.05, 0) is 56.1 Å². The zero-order chi connectivity index (χ0) is 12.3. The quantitative estimate of drug-likeness (QED) is 0.882. The average molecular weight is 273 g/mol. The Hall–Kier alpha value is -1.13. The highest BCUT2D eigenvalue weighted by molar-refractivity contribution is 5.95. The van der Waals surface area contributed by atoms with E-state index in [4.69, 9.17) is 0 Å². The molecule has 1 aromatic carbocycles. The van der Waals surface area contributed by atoms with Crippen LogP contribution in [0.5, 0.6) is 0 Å². The van der Waals surface area contributed by atoms with E-state index in [2.05, 4.69) is 10.6 Å². The van der Waals surface area contributed by atoms with Crippen molar-refractivity contribution in [3.05, 3.63) is 35.1 Å². The zero-order valence-electron chi connectivity index (χ0n) is 10.3. The van der Waals surface area contributed by atoms with E-state index in [1.807, 2.05) is 0 Å². The Morgan fingerprint density at radius 2 is 2.33 bits per heavy atom. The molecule has 0 aliphatic carbocycles. The van der Waals surface area contributed by atoms with Gasteiger partial charge < -0.3 is 10.6 Å². The van der Waals surface area contributed by atoms with Crippen LogP contribution in [-0.2, 0) is 0 Å². The van der Waals surface area contributed by atoms with Gasteiger partial charge in [0, 0.05) is 12.1 Å². The number of benzene rings is 1. The second kappa shape index (κ2) is 6.71. The molecule has 0 radical (unpaired) electrons. The fourth-order valence-electron chi connectivity index (χ4n) is 2.10. The van der Waals surface area contributed by atoms with E-state index in [1.54, 1.807) is 6.92 Å². The molecule has 1 fully saturated rings. The van der Waals surface area contributed by atoms with Crippen LogP contribution in [-0.4, -0.2) is 25.5 Å². The molecule has 1 amide bonds. The van der Waals surface area contributed by atoms with Crippen molar-refractivity contribution in [2.24, 2.45) is 5.92 Å². The lowest BCUT2D eigenvalue weighted by atomic mass is 10.1. The number of carbonyl (C=O) groups excluding carboxylic acids is 1. The normalized spacial score (nSPS) is 18.2. The average Bonchev–Trinajstić information content (AvgIpc) is 2.78. The minimum Gasteiger partial charge on any atom is -0.352 e. The molecule has 1 aliphatic rings. The summed E-state index contributed by atoms with van der Waals surface area (Å²) in [5, 5.41) is 6.15. The number of hydrogen-bond acceptors (Lipinski definition) is 2. The highest BCUT2D eigenvalue weighted by atomic mass is 35.5. The molecule has 5 heteroatoms. The van der Waals surface area contributed by atoms with E-state index in [0.29, 0.717) is 23.6 Å². The van der Waals surface area contributed by atoms with Gasteiger partial charge in [-0.25, -0.2) is 4.39 Å². The smallest absolute Gasteiger partial charge is 0.251 e. The lowest BCUT2D eigenvalue weighted by molar-refractivity contribution is 0.0947. The van der Waals surface area contributed by atoms with Gasteiger partial charge in [-0.2, -0.15) is 0 Å². The maximum atomic E-state index is 12.9. The SMILES string of the molecule is Cc1cc(F)ccc1C(=O)NCC1CCNC1.Cl. The fourth-order valence-corrected chi connectivity index (χ4v) is 2.10. The maximum Gasteiger partial charge on any atom is 0.251 e. The Morgan fingerprint density at radius 3 is 2.94 bits per heavy atom.